The molecule has 2 N–H and O–H groups in total. The quantitative estimate of drug-likeness (QED) is 0.704. The molecule has 0 radical (unpaired) electrons. The van der Waals surface area contributed by atoms with Crippen LogP contribution in [0.1, 0.15) is 5.56 Å². The fourth-order valence-electron chi connectivity index (χ4n) is 1.26. The molecule has 0 heterocycles. The molecule has 18 heavy (non-hydrogen) atoms. The highest BCUT2D eigenvalue weighted by molar-refractivity contribution is 5.77. The topological polar surface area (TPSA) is 91.6 Å². The molecule has 0 aliphatic heterocycles. The Morgan fingerprint density at radius 3 is 2.89 bits per heavy atom. The highest BCUT2D eigenvalue weighted by Crippen LogP contribution is 2.27. The average Bonchev–Trinajstić information content (AvgIpc) is 2.42. The van der Waals surface area contributed by atoms with E-state index in [4.69, 9.17) is 19.8 Å². The Morgan fingerprint density at radius 2 is 2.28 bits per heavy atom. The van der Waals surface area contributed by atoms with Crippen molar-refractivity contribution in [1.29, 1.82) is 5.26 Å². The zero-order valence-electron chi connectivity index (χ0n) is 9.97. The molecule has 1 rings (SSSR count). The molecular weight excluding hydrogens is 236 g/mol. The maximum atomic E-state index is 11.3. The van der Waals surface area contributed by atoms with Crippen LogP contribution in [0.25, 0.3) is 0 Å². The highest BCUT2D eigenvalue weighted by atomic mass is 16.5. The Morgan fingerprint density at radius 1 is 1.50 bits per heavy atom. The second-order valence-electron chi connectivity index (χ2n) is 3.37. The first-order valence-electron chi connectivity index (χ1n) is 5.25. The lowest BCUT2D eigenvalue weighted by Gasteiger charge is -2.11. The van der Waals surface area contributed by atoms with E-state index in [0.29, 0.717) is 17.1 Å². The largest absolute Gasteiger partial charge is 0.493 e. The SMILES string of the molecule is COc1ccc(CO)cc1OCC(=O)NCC#N. The normalized spacial score (nSPS) is 9.39. The van der Waals surface area contributed by atoms with E-state index in [1.54, 1.807) is 24.3 Å². The first-order valence-corrected chi connectivity index (χ1v) is 5.25. The average molecular weight is 250 g/mol. The molecule has 0 aliphatic carbocycles. The standard InChI is InChI=1S/C12H14N2O4/c1-17-10-3-2-9(7-15)6-11(10)18-8-12(16)14-5-4-13/h2-3,6,15H,5,7-8H2,1H3,(H,14,16). The van der Waals surface area contributed by atoms with Crippen molar-refractivity contribution in [2.75, 3.05) is 20.3 Å². The summed E-state index contributed by atoms with van der Waals surface area (Å²) in [7, 11) is 1.48. The van der Waals surface area contributed by atoms with E-state index in [0.717, 1.165) is 0 Å². The summed E-state index contributed by atoms with van der Waals surface area (Å²) in [6.45, 7) is -0.399. The van der Waals surface area contributed by atoms with Gasteiger partial charge >= 0.3 is 0 Å². The van der Waals surface area contributed by atoms with Gasteiger partial charge in [0.25, 0.3) is 5.91 Å². The van der Waals surface area contributed by atoms with Gasteiger partial charge in [-0.3, -0.25) is 4.79 Å². The molecule has 6 heteroatoms. The number of carbonyl (C=O) groups is 1. The molecule has 0 saturated carbocycles. The second-order valence-corrected chi connectivity index (χ2v) is 3.37. The van der Waals surface area contributed by atoms with Gasteiger partial charge in [0.1, 0.15) is 6.54 Å². The van der Waals surface area contributed by atoms with Crippen LogP contribution >= 0.6 is 0 Å². The summed E-state index contributed by atoms with van der Waals surface area (Å²) in [5.74, 6) is 0.449. The summed E-state index contributed by atoms with van der Waals surface area (Å²) in [5, 5.41) is 19.7. The van der Waals surface area contributed by atoms with Crippen molar-refractivity contribution < 1.29 is 19.4 Å². The molecule has 1 amide bonds. The van der Waals surface area contributed by atoms with E-state index in [2.05, 4.69) is 5.32 Å². The molecule has 1 aromatic rings. The van der Waals surface area contributed by atoms with Crippen LogP contribution in [-0.2, 0) is 11.4 Å². The number of nitrogens with one attached hydrogen (secondary N) is 1. The smallest absolute Gasteiger partial charge is 0.258 e. The molecule has 0 unspecified atom stereocenters. The van der Waals surface area contributed by atoms with Crippen molar-refractivity contribution in [2.45, 2.75) is 6.61 Å². The summed E-state index contributed by atoms with van der Waals surface area (Å²) in [4.78, 5) is 11.3. The Kier molecular flexibility index (Phi) is 5.48. The molecule has 0 bridgehead atoms. The van der Waals surface area contributed by atoms with Crippen LogP contribution in [0.3, 0.4) is 0 Å². The van der Waals surface area contributed by atoms with Gasteiger partial charge in [0.15, 0.2) is 18.1 Å². The first-order chi connectivity index (χ1) is 8.71. The molecule has 1 aromatic carbocycles. The van der Waals surface area contributed by atoms with Gasteiger partial charge < -0.3 is 19.9 Å². The van der Waals surface area contributed by atoms with Gasteiger partial charge in [-0.2, -0.15) is 5.26 Å². The van der Waals surface area contributed by atoms with Crippen LogP contribution in [0.4, 0.5) is 0 Å². The zero-order valence-corrected chi connectivity index (χ0v) is 9.97. The molecule has 0 saturated heterocycles. The van der Waals surface area contributed by atoms with Gasteiger partial charge in [-0.25, -0.2) is 0 Å². The molecular formula is C12H14N2O4. The number of hydrogen-bond acceptors (Lipinski definition) is 5. The van der Waals surface area contributed by atoms with Crippen molar-refractivity contribution in [3.8, 4) is 17.6 Å². The van der Waals surface area contributed by atoms with Crippen molar-refractivity contribution in [1.82, 2.24) is 5.32 Å². The molecule has 96 valence electrons. The molecule has 0 fully saturated rings. The number of aliphatic hydroxyl groups is 1. The van der Waals surface area contributed by atoms with Gasteiger partial charge in [-0.1, -0.05) is 6.07 Å². The van der Waals surface area contributed by atoms with Crippen molar-refractivity contribution in [2.24, 2.45) is 0 Å². The lowest BCUT2D eigenvalue weighted by atomic mass is 10.2. The van der Waals surface area contributed by atoms with Crippen molar-refractivity contribution >= 4 is 5.91 Å². The lowest BCUT2D eigenvalue weighted by molar-refractivity contribution is -0.122. The number of benzene rings is 1. The predicted molar refractivity (Wildman–Crippen MR) is 63.0 cm³/mol. The van der Waals surface area contributed by atoms with Crippen LogP contribution in [0.2, 0.25) is 0 Å². The maximum absolute atomic E-state index is 11.3. The maximum Gasteiger partial charge on any atom is 0.258 e. The monoisotopic (exact) mass is 250 g/mol. The number of methoxy groups -OCH3 is 1. The molecule has 0 spiro atoms. The van der Waals surface area contributed by atoms with Crippen LogP contribution in [-0.4, -0.2) is 31.3 Å². The lowest BCUT2D eigenvalue weighted by Crippen LogP contribution is -2.29. The van der Waals surface area contributed by atoms with Crippen LogP contribution < -0.4 is 14.8 Å². The fraction of sp³-hybridized carbons (Fsp3) is 0.333. The summed E-state index contributed by atoms with van der Waals surface area (Å²) < 4.78 is 10.3. The number of aliphatic hydroxyl groups excluding tert-OH is 1. The number of rotatable bonds is 6. The Labute approximate surface area is 105 Å². The van der Waals surface area contributed by atoms with E-state index in [1.165, 1.54) is 7.11 Å². The van der Waals surface area contributed by atoms with Crippen molar-refractivity contribution in [3.63, 3.8) is 0 Å². The number of amides is 1. The van der Waals surface area contributed by atoms with E-state index in [-0.39, 0.29) is 19.8 Å². The van der Waals surface area contributed by atoms with Crippen LogP contribution in [0.5, 0.6) is 11.5 Å². The molecule has 0 aliphatic rings. The summed E-state index contributed by atoms with van der Waals surface area (Å²) >= 11 is 0. The van der Waals surface area contributed by atoms with Gasteiger partial charge in [0, 0.05) is 0 Å². The molecule has 0 atom stereocenters. The summed E-state index contributed by atoms with van der Waals surface area (Å²) in [5.41, 5.74) is 0.656. The van der Waals surface area contributed by atoms with E-state index >= 15 is 0 Å². The number of hydrogen-bond donors (Lipinski definition) is 2. The first kappa shape index (κ1) is 13.8. The third-order valence-electron chi connectivity index (χ3n) is 2.13. The van der Waals surface area contributed by atoms with Crippen molar-refractivity contribution in [3.05, 3.63) is 23.8 Å². The second kappa shape index (κ2) is 7.14. The molecule has 0 aromatic heterocycles. The highest BCUT2D eigenvalue weighted by Gasteiger charge is 2.08. The Bertz CT molecular complexity index is 454. The third-order valence-corrected chi connectivity index (χ3v) is 2.13. The van der Waals surface area contributed by atoms with E-state index < -0.39 is 5.91 Å². The summed E-state index contributed by atoms with van der Waals surface area (Å²) in [6.07, 6.45) is 0. The minimum Gasteiger partial charge on any atom is -0.493 e. The Balaban J connectivity index is 2.65. The van der Waals surface area contributed by atoms with Gasteiger partial charge in [-0.05, 0) is 17.7 Å². The number of nitrogens with zero attached hydrogens (tertiary/aromatic N) is 1. The Hall–Kier alpha value is -2.26. The number of nitriles is 1. The third kappa shape index (κ3) is 3.96. The predicted octanol–water partition coefficient (Wildman–Crippen LogP) is 0.206. The van der Waals surface area contributed by atoms with E-state index in [1.807, 2.05) is 0 Å². The van der Waals surface area contributed by atoms with Crippen LogP contribution in [0.15, 0.2) is 18.2 Å². The van der Waals surface area contributed by atoms with E-state index in [9.17, 15) is 4.79 Å². The van der Waals surface area contributed by atoms with Gasteiger partial charge in [0.2, 0.25) is 0 Å². The van der Waals surface area contributed by atoms with Gasteiger partial charge in [0.05, 0.1) is 19.8 Å². The zero-order chi connectivity index (χ0) is 13.4. The minimum absolute atomic E-state index is 0.0595. The number of carbonyl (C=O) groups excluding carboxylic acids is 1. The molecule has 6 nitrogen and oxygen atoms in total. The number of ether oxygens (including phenoxy) is 2. The fourth-order valence-corrected chi connectivity index (χ4v) is 1.26. The minimum atomic E-state index is -0.395. The van der Waals surface area contributed by atoms with Gasteiger partial charge in [-0.15, -0.1) is 0 Å². The van der Waals surface area contributed by atoms with Crippen LogP contribution in [0, 0.1) is 11.3 Å². The summed E-state index contributed by atoms with van der Waals surface area (Å²) in [6, 6.07) is 6.73.